The van der Waals surface area contributed by atoms with Gasteiger partial charge in [-0.1, -0.05) is 17.3 Å². The minimum atomic E-state index is -4.01. The van der Waals surface area contributed by atoms with E-state index >= 15 is 0 Å². The number of halogens is 1. The predicted octanol–water partition coefficient (Wildman–Crippen LogP) is 0.292. The molecule has 2 aliphatic heterocycles. The Morgan fingerprint density at radius 3 is 2.74 bits per heavy atom. The zero-order valence-corrected chi connectivity index (χ0v) is 17.6. The largest absolute Gasteiger partial charge is 0.338 e. The third-order valence-corrected chi connectivity index (χ3v) is 6.92. The SMILES string of the molecule is O=C1CCCN1Cc1cn(C2CN(C(=O)CCNS(=O)(=O)c3ccccc3F)C2)nn1. The maximum atomic E-state index is 13.7. The lowest BCUT2D eigenvalue weighted by Crippen LogP contribution is -2.51. The third kappa shape index (κ3) is 4.74. The minimum absolute atomic E-state index is 0.00501. The van der Waals surface area contributed by atoms with Gasteiger partial charge in [0.05, 0.1) is 18.8 Å². The first-order chi connectivity index (χ1) is 14.8. The molecule has 2 amide bonds. The van der Waals surface area contributed by atoms with Crippen LogP contribution in [0.15, 0.2) is 35.4 Å². The van der Waals surface area contributed by atoms with Crippen molar-refractivity contribution in [1.29, 1.82) is 0 Å². The summed E-state index contributed by atoms with van der Waals surface area (Å²) >= 11 is 0. The third-order valence-electron chi connectivity index (χ3n) is 5.43. The van der Waals surface area contributed by atoms with E-state index in [0.29, 0.717) is 31.7 Å². The van der Waals surface area contributed by atoms with Gasteiger partial charge in [0.15, 0.2) is 0 Å². The fraction of sp³-hybridized carbons (Fsp3) is 0.474. The van der Waals surface area contributed by atoms with E-state index in [1.165, 1.54) is 18.2 Å². The lowest BCUT2D eigenvalue weighted by Gasteiger charge is -2.39. The number of hydrogen-bond acceptors (Lipinski definition) is 6. The number of carbonyl (C=O) groups excluding carboxylic acids is 2. The molecule has 2 saturated heterocycles. The molecule has 2 aromatic rings. The molecule has 4 rings (SSSR count). The Morgan fingerprint density at radius 1 is 1.26 bits per heavy atom. The van der Waals surface area contributed by atoms with E-state index in [1.807, 2.05) is 0 Å². The van der Waals surface area contributed by atoms with Crippen LogP contribution < -0.4 is 4.72 Å². The van der Waals surface area contributed by atoms with Crippen LogP contribution in [0.2, 0.25) is 0 Å². The first kappa shape index (κ1) is 21.4. The number of nitrogens with one attached hydrogen (secondary N) is 1. The van der Waals surface area contributed by atoms with Gasteiger partial charge in [-0.15, -0.1) is 5.10 Å². The van der Waals surface area contributed by atoms with Gasteiger partial charge in [-0.25, -0.2) is 22.2 Å². The number of rotatable bonds is 8. The highest BCUT2D eigenvalue weighted by atomic mass is 32.2. The molecule has 2 fully saturated rings. The highest BCUT2D eigenvalue weighted by Gasteiger charge is 2.33. The Kier molecular flexibility index (Phi) is 6.01. The lowest BCUT2D eigenvalue weighted by atomic mass is 10.1. The second-order valence-electron chi connectivity index (χ2n) is 7.64. The number of likely N-dealkylation sites (tertiary alicyclic amines) is 2. The van der Waals surface area contributed by atoms with Crippen LogP contribution in [0.25, 0.3) is 0 Å². The number of aromatic nitrogens is 3. The van der Waals surface area contributed by atoms with E-state index in [2.05, 4.69) is 15.0 Å². The van der Waals surface area contributed by atoms with Crippen molar-refractivity contribution in [2.75, 3.05) is 26.2 Å². The fourth-order valence-corrected chi connectivity index (χ4v) is 4.76. The molecule has 0 radical (unpaired) electrons. The molecule has 0 aliphatic carbocycles. The molecule has 1 N–H and O–H groups in total. The summed E-state index contributed by atoms with van der Waals surface area (Å²) in [6.45, 7) is 1.96. The zero-order valence-electron chi connectivity index (χ0n) is 16.8. The van der Waals surface area contributed by atoms with Gasteiger partial charge < -0.3 is 9.80 Å². The van der Waals surface area contributed by atoms with E-state index in [9.17, 15) is 22.4 Å². The van der Waals surface area contributed by atoms with Gasteiger partial charge in [-0.3, -0.25) is 9.59 Å². The minimum Gasteiger partial charge on any atom is -0.338 e. The average Bonchev–Trinajstić information content (AvgIpc) is 3.30. The quantitative estimate of drug-likeness (QED) is 0.618. The maximum absolute atomic E-state index is 13.7. The molecule has 0 saturated carbocycles. The van der Waals surface area contributed by atoms with Gasteiger partial charge in [-0.2, -0.15) is 0 Å². The summed E-state index contributed by atoms with van der Waals surface area (Å²) in [6.07, 6.45) is 3.20. The number of nitrogens with zero attached hydrogens (tertiary/aromatic N) is 5. The standard InChI is InChI=1S/C19H23FN6O4S/c20-16-4-1-2-5-17(16)31(29,30)21-8-7-19(28)25-12-15(13-25)26-11-14(22-23-26)10-24-9-3-6-18(24)27/h1-2,4-5,11,15,21H,3,6-10,12-13H2. The molecular formula is C19H23FN6O4S. The van der Waals surface area contributed by atoms with Crippen LogP contribution in [0.3, 0.4) is 0 Å². The van der Waals surface area contributed by atoms with Gasteiger partial charge in [0.2, 0.25) is 21.8 Å². The predicted molar refractivity (Wildman–Crippen MR) is 106 cm³/mol. The molecule has 10 nitrogen and oxygen atoms in total. The molecule has 0 atom stereocenters. The molecule has 0 spiro atoms. The van der Waals surface area contributed by atoms with Crippen LogP contribution in [0.1, 0.15) is 31.0 Å². The van der Waals surface area contributed by atoms with Crippen molar-refractivity contribution in [3.05, 3.63) is 42.0 Å². The van der Waals surface area contributed by atoms with Crippen LogP contribution in [-0.4, -0.2) is 71.2 Å². The Labute approximate surface area is 179 Å². The van der Waals surface area contributed by atoms with Gasteiger partial charge in [0.25, 0.3) is 0 Å². The van der Waals surface area contributed by atoms with Crippen molar-refractivity contribution in [3.8, 4) is 0 Å². The van der Waals surface area contributed by atoms with E-state index in [0.717, 1.165) is 19.0 Å². The maximum Gasteiger partial charge on any atom is 0.243 e. The molecule has 0 bridgehead atoms. The molecule has 0 unspecified atom stereocenters. The number of amides is 2. The molecule has 31 heavy (non-hydrogen) atoms. The molecule has 1 aromatic heterocycles. The lowest BCUT2D eigenvalue weighted by molar-refractivity contribution is -0.137. The summed E-state index contributed by atoms with van der Waals surface area (Å²) in [7, 11) is -4.01. The van der Waals surface area contributed by atoms with E-state index in [4.69, 9.17) is 0 Å². The summed E-state index contributed by atoms with van der Waals surface area (Å²) < 4.78 is 41.9. The van der Waals surface area contributed by atoms with E-state index < -0.39 is 20.7 Å². The number of hydrogen-bond donors (Lipinski definition) is 1. The van der Waals surface area contributed by atoms with Crippen molar-refractivity contribution in [2.24, 2.45) is 0 Å². The van der Waals surface area contributed by atoms with E-state index in [-0.39, 0.29) is 30.8 Å². The molecule has 166 valence electrons. The van der Waals surface area contributed by atoms with Gasteiger partial charge in [0.1, 0.15) is 16.4 Å². The summed E-state index contributed by atoms with van der Waals surface area (Å²) in [5.41, 5.74) is 0.711. The van der Waals surface area contributed by atoms with E-state index in [1.54, 1.807) is 20.7 Å². The molecule has 1 aromatic carbocycles. The molecule has 2 aliphatic rings. The van der Waals surface area contributed by atoms with Crippen molar-refractivity contribution in [1.82, 2.24) is 29.5 Å². The first-order valence-electron chi connectivity index (χ1n) is 10.0. The smallest absolute Gasteiger partial charge is 0.243 e. The van der Waals surface area contributed by atoms with Crippen LogP contribution in [0.5, 0.6) is 0 Å². The van der Waals surface area contributed by atoms with Crippen LogP contribution >= 0.6 is 0 Å². The van der Waals surface area contributed by atoms with Crippen molar-refractivity contribution >= 4 is 21.8 Å². The Hall–Kier alpha value is -2.86. The molecule has 3 heterocycles. The highest BCUT2D eigenvalue weighted by Crippen LogP contribution is 2.22. The van der Waals surface area contributed by atoms with Crippen molar-refractivity contribution < 1.29 is 22.4 Å². The summed E-state index contributed by atoms with van der Waals surface area (Å²) in [6, 6.07) is 5.07. The van der Waals surface area contributed by atoms with Gasteiger partial charge in [-0.05, 0) is 18.6 Å². The monoisotopic (exact) mass is 450 g/mol. The molecule has 12 heteroatoms. The zero-order chi connectivity index (χ0) is 22.0. The Bertz CT molecular complexity index is 1080. The van der Waals surface area contributed by atoms with Crippen LogP contribution in [0.4, 0.5) is 4.39 Å². The fourth-order valence-electron chi connectivity index (χ4n) is 3.65. The van der Waals surface area contributed by atoms with Crippen molar-refractivity contribution in [3.63, 3.8) is 0 Å². The number of sulfonamides is 1. The second kappa shape index (κ2) is 8.71. The van der Waals surface area contributed by atoms with Crippen LogP contribution in [-0.2, 0) is 26.2 Å². The topological polar surface area (TPSA) is 118 Å². The van der Waals surface area contributed by atoms with Gasteiger partial charge >= 0.3 is 0 Å². The van der Waals surface area contributed by atoms with Crippen LogP contribution in [0, 0.1) is 5.82 Å². The molecular weight excluding hydrogens is 427 g/mol. The van der Waals surface area contributed by atoms with Gasteiger partial charge in [0, 0.05) is 39.0 Å². The normalized spacial score (nSPS) is 17.3. The summed E-state index contributed by atoms with van der Waals surface area (Å²) in [5, 5.41) is 8.21. The Balaban J connectivity index is 1.22. The summed E-state index contributed by atoms with van der Waals surface area (Å²) in [5.74, 6) is -0.913. The average molecular weight is 450 g/mol. The van der Waals surface area contributed by atoms with Crippen molar-refractivity contribution in [2.45, 2.75) is 36.7 Å². The number of benzene rings is 1. The highest BCUT2D eigenvalue weighted by molar-refractivity contribution is 7.89. The summed E-state index contributed by atoms with van der Waals surface area (Å²) in [4.78, 5) is 26.9. The first-order valence-corrected chi connectivity index (χ1v) is 11.5. The second-order valence-corrected chi connectivity index (χ2v) is 9.37. The Morgan fingerprint density at radius 2 is 2.03 bits per heavy atom. The number of carbonyl (C=O) groups is 2.